The largest absolute Gasteiger partial charge is 0.353 e. The van der Waals surface area contributed by atoms with Gasteiger partial charge in [0.15, 0.2) is 5.16 Å². The molecule has 6 heteroatoms. The van der Waals surface area contributed by atoms with Crippen molar-refractivity contribution in [3.63, 3.8) is 0 Å². The van der Waals surface area contributed by atoms with Gasteiger partial charge >= 0.3 is 0 Å². The molecule has 5 nitrogen and oxygen atoms in total. The Kier molecular flexibility index (Phi) is 4.24. The molecule has 1 N–H and O–H groups in total. The summed E-state index contributed by atoms with van der Waals surface area (Å²) in [4.78, 5) is 11.9. The molecule has 1 aliphatic rings. The minimum atomic E-state index is 0.0574. The predicted octanol–water partition coefficient (Wildman–Crippen LogP) is 2.27. The summed E-state index contributed by atoms with van der Waals surface area (Å²) in [5.41, 5.74) is 0.997. The van der Waals surface area contributed by atoms with E-state index in [1.807, 2.05) is 34.9 Å². The van der Waals surface area contributed by atoms with Gasteiger partial charge in [0.25, 0.3) is 0 Å². The molecule has 1 fully saturated rings. The van der Waals surface area contributed by atoms with E-state index in [1.54, 1.807) is 6.33 Å². The molecule has 1 aliphatic carbocycles. The Bertz CT molecular complexity index is 609. The zero-order chi connectivity index (χ0) is 14.7. The molecule has 3 rings (SSSR count). The van der Waals surface area contributed by atoms with E-state index in [0.717, 1.165) is 10.8 Å². The van der Waals surface area contributed by atoms with Gasteiger partial charge in [-0.15, -0.1) is 10.2 Å². The molecule has 1 atom stereocenters. The predicted molar refractivity (Wildman–Crippen MR) is 82.4 cm³/mol. The van der Waals surface area contributed by atoms with Gasteiger partial charge in [-0.05, 0) is 37.8 Å². The van der Waals surface area contributed by atoms with Crippen LogP contribution < -0.4 is 5.32 Å². The highest BCUT2D eigenvalue weighted by molar-refractivity contribution is 7.99. The standard InChI is InChI=1S/C15H18N4OS/c1-11(12-7-8-12)17-14(20)9-21-15-18-16-10-19(15)13-5-3-2-4-6-13/h2-6,10-12H,7-9H2,1H3,(H,17,20)/t11-/m1/s1. The van der Waals surface area contributed by atoms with Gasteiger partial charge in [-0.1, -0.05) is 30.0 Å². The van der Waals surface area contributed by atoms with Crippen LogP contribution in [0.3, 0.4) is 0 Å². The van der Waals surface area contributed by atoms with Gasteiger partial charge in [0.05, 0.1) is 5.75 Å². The van der Waals surface area contributed by atoms with Crippen LogP contribution in [0.1, 0.15) is 19.8 Å². The molecule has 21 heavy (non-hydrogen) atoms. The van der Waals surface area contributed by atoms with E-state index in [1.165, 1.54) is 24.6 Å². The van der Waals surface area contributed by atoms with Crippen LogP contribution in [0.5, 0.6) is 0 Å². The summed E-state index contributed by atoms with van der Waals surface area (Å²) < 4.78 is 1.89. The smallest absolute Gasteiger partial charge is 0.230 e. The van der Waals surface area contributed by atoms with Crippen LogP contribution in [0.25, 0.3) is 5.69 Å². The normalized spacial score (nSPS) is 15.7. The van der Waals surface area contributed by atoms with E-state index in [4.69, 9.17) is 0 Å². The van der Waals surface area contributed by atoms with Crippen molar-refractivity contribution in [1.82, 2.24) is 20.1 Å². The number of carbonyl (C=O) groups excluding carboxylic acids is 1. The fourth-order valence-corrected chi connectivity index (χ4v) is 2.97. The molecule has 0 saturated heterocycles. The monoisotopic (exact) mass is 302 g/mol. The van der Waals surface area contributed by atoms with E-state index < -0.39 is 0 Å². The molecule has 0 aliphatic heterocycles. The Morgan fingerprint density at radius 3 is 2.90 bits per heavy atom. The van der Waals surface area contributed by atoms with Gasteiger partial charge in [-0.2, -0.15) is 0 Å². The van der Waals surface area contributed by atoms with E-state index in [0.29, 0.717) is 11.7 Å². The number of amides is 1. The second-order valence-electron chi connectivity index (χ2n) is 5.30. The maximum Gasteiger partial charge on any atom is 0.230 e. The molecular weight excluding hydrogens is 284 g/mol. The number of hydrogen-bond acceptors (Lipinski definition) is 4. The Morgan fingerprint density at radius 1 is 1.43 bits per heavy atom. The van der Waals surface area contributed by atoms with Crippen molar-refractivity contribution in [2.24, 2.45) is 5.92 Å². The number of para-hydroxylation sites is 1. The third kappa shape index (κ3) is 3.64. The highest BCUT2D eigenvalue weighted by atomic mass is 32.2. The SMILES string of the molecule is C[C@@H](NC(=O)CSc1nncn1-c1ccccc1)C1CC1. The molecule has 0 spiro atoms. The van der Waals surface area contributed by atoms with Crippen molar-refractivity contribution >= 4 is 17.7 Å². The molecule has 1 saturated carbocycles. The van der Waals surface area contributed by atoms with Gasteiger partial charge in [0.2, 0.25) is 5.91 Å². The minimum absolute atomic E-state index is 0.0574. The summed E-state index contributed by atoms with van der Waals surface area (Å²) in [6.07, 6.45) is 4.14. The Morgan fingerprint density at radius 2 is 2.19 bits per heavy atom. The number of thioether (sulfide) groups is 1. The summed E-state index contributed by atoms with van der Waals surface area (Å²) in [6, 6.07) is 10.2. The molecule has 0 bridgehead atoms. The molecule has 110 valence electrons. The van der Waals surface area contributed by atoms with E-state index in [-0.39, 0.29) is 11.9 Å². The zero-order valence-corrected chi connectivity index (χ0v) is 12.7. The van der Waals surface area contributed by atoms with E-state index in [2.05, 4.69) is 22.4 Å². The first kappa shape index (κ1) is 14.1. The van der Waals surface area contributed by atoms with Crippen molar-refractivity contribution < 1.29 is 4.79 Å². The number of nitrogens with one attached hydrogen (secondary N) is 1. The van der Waals surface area contributed by atoms with Crippen molar-refractivity contribution in [1.29, 1.82) is 0 Å². The molecule has 0 unspecified atom stereocenters. The quantitative estimate of drug-likeness (QED) is 0.832. The fourth-order valence-electron chi connectivity index (χ4n) is 2.23. The molecule has 1 amide bonds. The average molecular weight is 302 g/mol. The van der Waals surface area contributed by atoms with Gasteiger partial charge in [0, 0.05) is 11.7 Å². The number of nitrogens with zero attached hydrogens (tertiary/aromatic N) is 3. The lowest BCUT2D eigenvalue weighted by Crippen LogP contribution is -2.35. The first-order chi connectivity index (χ1) is 10.2. The lowest BCUT2D eigenvalue weighted by molar-refractivity contribution is -0.119. The molecule has 1 heterocycles. The molecule has 2 aromatic rings. The first-order valence-corrected chi connectivity index (χ1v) is 8.10. The van der Waals surface area contributed by atoms with Crippen LogP contribution in [-0.2, 0) is 4.79 Å². The van der Waals surface area contributed by atoms with Gasteiger partial charge in [-0.3, -0.25) is 9.36 Å². The third-order valence-corrected chi connectivity index (χ3v) is 4.54. The highest BCUT2D eigenvalue weighted by Gasteiger charge is 2.28. The van der Waals surface area contributed by atoms with Crippen LogP contribution >= 0.6 is 11.8 Å². The van der Waals surface area contributed by atoms with Crippen LogP contribution in [0, 0.1) is 5.92 Å². The molecule has 1 aromatic carbocycles. The number of hydrogen-bond donors (Lipinski definition) is 1. The van der Waals surface area contributed by atoms with Crippen LogP contribution in [0.15, 0.2) is 41.8 Å². The highest BCUT2D eigenvalue weighted by Crippen LogP contribution is 2.32. The molecule has 0 radical (unpaired) electrons. The number of aromatic nitrogens is 3. The number of benzene rings is 1. The van der Waals surface area contributed by atoms with Crippen LogP contribution in [0.2, 0.25) is 0 Å². The Labute approximate surface area is 128 Å². The third-order valence-electron chi connectivity index (χ3n) is 3.60. The first-order valence-electron chi connectivity index (χ1n) is 7.11. The Balaban J connectivity index is 1.58. The second kappa shape index (κ2) is 6.30. The Hall–Kier alpha value is -1.82. The summed E-state index contributed by atoms with van der Waals surface area (Å²) in [7, 11) is 0. The van der Waals surface area contributed by atoms with Gasteiger partial charge in [-0.25, -0.2) is 0 Å². The zero-order valence-electron chi connectivity index (χ0n) is 11.9. The molecule has 1 aromatic heterocycles. The van der Waals surface area contributed by atoms with E-state index in [9.17, 15) is 4.79 Å². The maximum atomic E-state index is 11.9. The maximum absolute atomic E-state index is 11.9. The summed E-state index contributed by atoms with van der Waals surface area (Å²) in [6.45, 7) is 2.08. The summed E-state index contributed by atoms with van der Waals surface area (Å²) in [5, 5.41) is 11.8. The summed E-state index contributed by atoms with van der Waals surface area (Å²) >= 11 is 1.41. The molecular formula is C15H18N4OS. The topological polar surface area (TPSA) is 59.8 Å². The lowest BCUT2D eigenvalue weighted by Gasteiger charge is -2.12. The van der Waals surface area contributed by atoms with Crippen molar-refractivity contribution in [3.05, 3.63) is 36.7 Å². The van der Waals surface area contributed by atoms with Gasteiger partial charge < -0.3 is 5.32 Å². The average Bonchev–Trinajstić information content (AvgIpc) is 3.25. The summed E-state index contributed by atoms with van der Waals surface area (Å²) in [5.74, 6) is 1.09. The van der Waals surface area contributed by atoms with Crippen molar-refractivity contribution in [2.45, 2.75) is 31.0 Å². The number of rotatable bonds is 6. The van der Waals surface area contributed by atoms with Crippen LogP contribution in [-0.4, -0.2) is 32.5 Å². The van der Waals surface area contributed by atoms with Gasteiger partial charge in [0.1, 0.15) is 6.33 Å². The fraction of sp³-hybridized carbons (Fsp3) is 0.400. The van der Waals surface area contributed by atoms with E-state index >= 15 is 0 Å². The van der Waals surface area contributed by atoms with Crippen LogP contribution in [0.4, 0.5) is 0 Å². The number of carbonyl (C=O) groups is 1. The lowest BCUT2D eigenvalue weighted by atomic mass is 10.2. The van der Waals surface area contributed by atoms with Crippen molar-refractivity contribution in [2.75, 3.05) is 5.75 Å². The minimum Gasteiger partial charge on any atom is -0.353 e. The second-order valence-corrected chi connectivity index (χ2v) is 6.24. The van der Waals surface area contributed by atoms with Crippen molar-refractivity contribution in [3.8, 4) is 5.69 Å².